The monoisotopic (exact) mass is 243 g/mol. The van der Waals surface area contributed by atoms with Crippen molar-refractivity contribution in [1.29, 1.82) is 0 Å². The molecule has 1 aromatic rings. The van der Waals surface area contributed by atoms with E-state index in [1.54, 1.807) is 0 Å². The average molecular weight is 244 g/mol. The van der Waals surface area contributed by atoms with Gasteiger partial charge in [-0.1, -0.05) is 22.0 Å². The topological polar surface area (TPSA) is 23.5 Å². The van der Waals surface area contributed by atoms with Gasteiger partial charge in [-0.2, -0.15) is 0 Å². The highest BCUT2D eigenvalue weighted by molar-refractivity contribution is 9.10. The second kappa shape index (κ2) is 5.25. The Balaban J connectivity index is 2.78. The van der Waals surface area contributed by atoms with E-state index in [2.05, 4.69) is 33.8 Å². The molecule has 13 heavy (non-hydrogen) atoms. The van der Waals surface area contributed by atoms with Crippen molar-refractivity contribution in [2.75, 3.05) is 24.6 Å². The molecule has 0 aliphatic rings. The minimum absolute atomic E-state index is 0.195. The number of nitrogens with zero attached hydrogens (tertiary/aromatic N) is 1. The molecule has 0 saturated heterocycles. The Labute approximate surface area is 87.3 Å². The van der Waals surface area contributed by atoms with E-state index >= 15 is 0 Å². The molecule has 0 unspecified atom stereocenters. The molecule has 0 bridgehead atoms. The van der Waals surface area contributed by atoms with Crippen LogP contribution in [0.5, 0.6) is 0 Å². The van der Waals surface area contributed by atoms with Crippen LogP contribution in [-0.4, -0.2) is 24.8 Å². The molecule has 0 fully saturated rings. The van der Waals surface area contributed by atoms with Crippen LogP contribution in [0, 0.1) is 0 Å². The minimum atomic E-state index is 0.195. The van der Waals surface area contributed by atoms with Crippen molar-refractivity contribution in [3.8, 4) is 0 Å². The predicted octanol–water partition coefficient (Wildman–Crippen LogP) is 2.27. The first-order chi connectivity index (χ1) is 6.27. The summed E-state index contributed by atoms with van der Waals surface area (Å²) in [4.78, 5) is 2.13. The lowest BCUT2D eigenvalue weighted by molar-refractivity contribution is 0.302. The van der Waals surface area contributed by atoms with E-state index < -0.39 is 0 Å². The van der Waals surface area contributed by atoms with Crippen LogP contribution in [0.2, 0.25) is 0 Å². The van der Waals surface area contributed by atoms with E-state index in [-0.39, 0.29) is 6.61 Å². The van der Waals surface area contributed by atoms with Crippen LogP contribution < -0.4 is 4.90 Å². The van der Waals surface area contributed by atoms with E-state index in [4.69, 9.17) is 5.11 Å². The second-order valence-electron chi connectivity index (χ2n) is 2.78. The summed E-state index contributed by atoms with van der Waals surface area (Å²) in [5.74, 6) is 0. The van der Waals surface area contributed by atoms with Crippen molar-refractivity contribution >= 4 is 21.6 Å². The summed E-state index contributed by atoms with van der Waals surface area (Å²) in [6.07, 6.45) is 0. The first-order valence-electron chi connectivity index (χ1n) is 4.39. The number of likely N-dealkylation sites (N-methyl/N-ethyl adjacent to an activating group) is 1. The molecule has 3 heteroatoms. The van der Waals surface area contributed by atoms with E-state index in [0.29, 0.717) is 6.54 Å². The number of aliphatic hydroxyl groups excluding tert-OH is 1. The quantitative estimate of drug-likeness (QED) is 0.878. The highest BCUT2D eigenvalue weighted by atomic mass is 79.9. The summed E-state index contributed by atoms with van der Waals surface area (Å²) >= 11 is 3.42. The van der Waals surface area contributed by atoms with Crippen LogP contribution in [0.25, 0.3) is 0 Å². The van der Waals surface area contributed by atoms with Crippen LogP contribution >= 0.6 is 15.9 Å². The fourth-order valence-corrected chi connectivity index (χ4v) is 1.65. The molecule has 0 atom stereocenters. The number of halogens is 1. The number of aliphatic hydroxyl groups is 1. The van der Waals surface area contributed by atoms with E-state index in [1.165, 1.54) is 0 Å². The maximum Gasteiger partial charge on any atom is 0.0606 e. The fourth-order valence-electron chi connectivity index (χ4n) is 1.26. The van der Waals surface area contributed by atoms with Crippen LogP contribution in [0.15, 0.2) is 28.7 Å². The number of hydrogen-bond donors (Lipinski definition) is 1. The molecule has 0 heterocycles. The van der Waals surface area contributed by atoms with Crippen molar-refractivity contribution in [3.05, 3.63) is 28.7 Å². The largest absolute Gasteiger partial charge is 0.395 e. The third-order valence-electron chi connectivity index (χ3n) is 1.92. The molecule has 0 aliphatic heterocycles. The third-order valence-corrected chi connectivity index (χ3v) is 2.42. The Morgan fingerprint density at radius 3 is 2.77 bits per heavy atom. The van der Waals surface area contributed by atoms with Crippen molar-refractivity contribution in [3.63, 3.8) is 0 Å². The van der Waals surface area contributed by atoms with Gasteiger partial charge in [0.25, 0.3) is 0 Å². The molecule has 0 radical (unpaired) electrons. The number of hydrogen-bond acceptors (Lipinski definition) is 2. The van der Waals surface area contributed by atoms with Gasteiger partial charge in [0, 0.05) is 23.2 Å². The smallest absolute Gasteiger partial charge is 0.0606 e. The molecule has 0 aliphatic carbocycles. The van der Waals surface area contributed by atoms with Gasteiger partial charge in [-0.15, -0.1) is 0 Å². The van der Waals surface area contributed by atoms with E-state index in [9.17, 15) is 0 Å². The molecule has 1 N–H and O–H groups in total. The number of benzene rings is 1. The van der Waals surface area contributed by atoms with Gasteiger partial charge >= 0.3 is 0 Å². The molecule has 0 saturated carbocycles. The lowest BCUT2D eigenvalue weighted by atomic mass is 10.3. The Hall–Kier alpha value is -0.540. The predicted molar refractivity (Wildman–Crippen MR) is 59.1 cm³/mol. The van der Waals surface area contributed by atoms with Gasteiger partial charge in [0.15, 0.2) is 0 Å². The van der Waals surface area contributed by atoms with E-state index in [0.717, 1.165) is 16.7 Å². The summed E-state index contributed by atoms with van der Waals surface area (Å²) < 4.78 is 1.07. The molecule has 1 rings (SSSR count). The number of rotatable bonds is 4. The van der Waals surface area contributed by atoms with Crippen molar-refractivity contribution < 1.29 is 5.11 Å². The summed E-state index contributed by atoms with van der Waals surface area (Å²) in [7, 11) is 0. The Morgan fingerprint density at radius 1 is 1.46 bits per heavy atom. The lowest BCUT2D eigenvalue weighted by Crippen LogP contribution is -2.25. The zero-order valence-electron chi connectivity index (χ0n) is 7.70. The summed E-state index contributed by atoms with van der Waals surface area (Å²) in [5.41, 5.74) is 1.14. The van der Waals surface area contributed by atoms with Crippen LogP contribution in [0.4, 0.5) is 5.69 Å². The average Bonchev–Trinajstić information content (AvgIpc) is 2.14. The zero-order chi connectivity index (χ0) is 9.68. The Kier molecular flexibility index (Phi) is 4.25. The third kappa shape index (κ3) is 3.01. The molecular formula is C10H14BrNO. The van der Waals surface area contributed by atoms with Gasteiger partial charge in [-0.05, 0) is 25.1 Å². The summed E-state index contributed by atoms with van der Waals surface area (Å²) in [6.45, 7) is 3.88. The molecule has 1 aromatic carbocycles. The van der Waals surface area contributed by atoms with Gasteiger partial charge in [0.05, 0.1) is 6.61 Å². The fraction of sp³-hybridized carbons (Fsp3) is 0.400. The maximum atomic E-state index is 8.85. The van der Waals surface area contributed by atoms with Crippen LogP contribution in [0.3, 0.4) is 0 Å². The van der Waals surface area contributed by atoms with Crippen molar-refractivity contribution in [1.82, 2.24) is 0 Å². The molecule has 0 spiro atoms. The molecule has 0 aromatic heterocycles. The highest BCUT2D eigenvalue weighted by Crippen LogP contribution is 2.19. The van der Waals surface area contributed by atoms with Gasteiger partial charge in [0.2, 0.25) is 0 Å². The van der Waals surface area contributed by atoms with Gasteiger partial charge in [-0.3, -0.25) is 0 Å². The summed E-state index contributed by atoms with van der Waals surface area (Å²) in [6, 6.07) is 8.10. The summed E-state index contributed by atoms with van der Waals surface area (Å²) in [5, 5.41) is 8.85. The molecule has 0 amide bonds. The van der Waals surface area contributed by atoms with Crippen LogP contribution in [-0.2, 0) is 0 Å². The van der Waals surface area contributed by atoms with Crippen molar-refractivity contribution in [2.24, 2.45) is 0 Å². The van der Waals surface area contributed by atoms with Gasteiger partial charge in [0.1, 0.15) is 0 Å². The molecule has 2 nitrogen and oxygen atoms in total. The first kappa shape index (κ1) is 10.5. The van der Waals surface area contributed by atoms with E-state index in [1.807, 2.05) is 18.2 Å². The highest BCUT2D eigenvalue weighted by Gasteiger charge is 2.02. The maximum absolute atomic E-state index is 8.85. The second-order valence-corrected chi connectivity index (χ2v) is 3.70. The van der Waals surface area contributed by atoms with Gasteiger partial charge < -0.3 is 10.0 Å². The SMILES string of the molecule is CCN(CCO)c1cccc(Br)c1. The van der Waals surface area contributed by atoms with Gasteiger partial charge in [-0.25, -0.2) is 0 Å². The minimum Gasteiger partial charge on any atom is -0.395 e. The normalized spacial score (nSPS) is 10.1. The Bertz CT molecular complexity index is 265. The standard InChI is InChI=1S/C10H14BrNO/c1-2-12(6-7-13)10-5-3-4-9(11)8-10/h3-5,8,13H,2,6-7H2,1H3. The molecule has 72 valence electrons. The first-order valence-corrected chi connectivity index (χ1v) is 5.18. The van der Waals surface area contributed by atoms with Crippen molar-refractivity contribution in [2.45, 2.75) is 6.92 Å². The lowest BCUT2D eigenvalue weighted by Gasteiger charge is -2.21. The molecular weight excluding hydrogens is 230 g/mol. The Morgan fingerprint density at radius 2 is 2.23 bits per heavy atom. The zero-order valence-corrected chi connectivity index (χ0v) is 9.29. The number of anilines is 1. The van der Waals surface area contributed by atoms with Crippen LogP contribution in [0.1, 0.15) is 6.92 Å².